The molecule has 2 saturated heterocycles. The standard InChI is InChI=1S/C17H23N3O3.ClH/c1-12-10-19(8-7-18-12)17(22)13-9-16(21)20(11-13)14-5-3-4-6-15(14)23-2;/h3-6,12-13,18H,7-11H2,1-2H3;1H. The lowest BCUT2D eigenvalue weighted by molar-refractivity contribution is -0.136. The topological polar surface area (TPSA) is 61.9 Å². The van der Waals surface area contributed by atoms with Crippen molar-refractivity contribution in [3.05, 3.63) is 24.3 Å². The minimum atomic E-state index is -0.266. The summed E-state index contributed by atoms with van der Waals surface area (Å²) in [6.45, 7) is 4.72. The van der Waals surface area contributed by atoms with Crippen molar-refractivity contribution < 1.29 is 14.3 Å². The number of halogens is 1. The number of piperazine rings is 1. The normalized spacial score (nSPS) is 23.8. The first kappa shape index (κ1) is 18.5. The number of hydrogen-bond donors (Lipinski definition) is 1. The van der Waals surface area contributed by atoms with E-state index in [4.69, 9.17) is 4.74 Å². The first-order chi connectivity index (χ1) is 11.1. The molecular formula is C17H24ClN3O3. The van der Waals surface area contributed by atoms with Crippen molar-refractivity contribution in [2.24, 2.45) is 5.92 Å². The Hall–Kier alpha value is -1.79. The van der Waals surface area contributed by atoms with Gasteiger partial charge in [0.15, 0.2) is 0 Å². The molecule has 24 heavy (non-hydrogen) atoms. The molecule has 2 heterocycles. The van der Waals surface area contributed by atoms with Gasteiger partial charge in [0.2, 0.25) is 11.8 Å². The lowest BCUT2D eigenvalue weighted by Crippen LogP contribution is -2.53. The van der Waals surface area contributed by atoms with Gasteiger partial charge in [0, 0.05) is 38.6 Å². The molecule has 1 aromatic carbocycles. The van der Waals surface area contributed by atoms with Crippen LogP contribution in [0.15, 0.2) is 24.3 Å². The molecule has 0 aromatic heterocycles. The molecule has 0 saturated carbocycles. The third kappa shape index (κ3) is 3.65. The molecule has 2 aliphatic heterocycles. The summed E-state index contributed by atoms with van der Waals surface area (Å²) in [6, 6.07) is 7.73. The highest BCUT2D eigenvalue weighted by molar-refractivity contribution is 6.01. The number of amides is 2. The van der Waals surface area contributed by atoms with Gasteiger partial charge in [-0.2, -0.15) is 0 Å². The number of carbonyl (C=O) groups is 2. The molecule has 7 heteroatoms. The average molecular weight is 354 g/mol. The molecule has 2 amide bonds. The third-order valence-corrected chi connectivity index (χ3v) is 4.53. The van der Waals surface area contributed by atoms with Gasteiger partial charge in [-0.25, -0.2) is 0 Å². The molecule has 2 fully saturated rings. The van der Waals surface area contributed by atoms with Gasteiger partial charge >= 0.3 is 0 Å². The van der Waals surface area contributed by atoms with Gasteiger partial charge in [-0.15, -0.1) is 12.4 Å². The number of hydrogen-bond acceptors (Lipinski definition) is 4. The number of para-hydroxylation sites is 2. The van der Waals surface area contributed by atoms with E-state index in [2.05, 4.69) is 12.2 Å². The monoisotopic (exact) mass is 353 g/mol. The minimum absolute atomic E-state index is 0. The lowest BCUT2D eigenvalue weighted by atomic mass is 10.1. The molecule has 0 radical (unpaired) electrons. The van der Waals surface area contributed by atoms with E-state index in [1.807, 2.05) is 29.2 Å². The van der Waals surface area contributed by atoms with E-state index in [1.54, 1.807) is 12.0 Å². The van der Waals surface area contributed by atoms with Crippen molar-refractivity contribution in [1.82, 2.24) is 10.2 Å². The zero-order valence-corrected chi connectivity index (χ0v) is 14.8. The summed E-state index contributed by atoms with van der Waals surface area (Å²) in [6.07, 6.45) is 0.273. The van der Waals surface area contributed by atoms with Crippen molar-refractivity contribution in [2.75, 3.05) is 38.2 Å². The van der Waals surface area contributed by atoms with Crippen LogP contribution >= 0.6 is 12.4 Å². The summed E-state index contributed by atoms with van der Waals surface area (Å²) < 4.78 is 5.33. The fourth-order valence-electron chi connectivity index (χ4n) is 3.35. The highest BCUT2D eigenvalue weighted by Crippen LogP contribution is 2.33. The van der Waals surface area contributed by atoms with Crippen LogP contribution in [0, 0.1) is 5.92 Å². The Labute approximate surface area is 148 Å². The van der Waals surface area contributed by atoms with E-state index in [0.29, 0.717) is 31.4 Å². The third-order valence-electron chi connectivity index (χ3n) is 4.53. The summed E-state index contributed by atoms with van der Waals surface area (Å²) >= 11 is 0. The van der Waals surface area contributed by atoms with E-state index in [1.165, 1.54) is 0 Å². The van der Waals surface area contributed by atoms with Gasteiger partial charge in [0.25, 0.3) is 0 Å². The zero-order chi connectivity index (χ0) is 16.4. The SMILES string of the molecule is COc1ccccc1N1CC(C(=O)N2CCNC(C)C2)CC1=O.Cl. The van der Waals surface area contributed by atoms with Gasteiger partial charge < -0.3 is 19.9 Å². The molecule has 6 nitrogen and oxygen atoms in total. The predicted molar refractivity (Wildman–Crippen MR) is 94.7 cm³/mol. The van der Waals surface area contributed by atoms with Crippen LogP contribution in [0.5, 0.6) is 5.75 Å². The Kier molecular flexibility index (Phi) is 6.07. The van der Waals surface area contributed by atoms with Crippen LogP contribution in [0.25, 0.3) is 0 Å². The van der Waals surface area contributed by atoms with Crippen LogP contribution in [0.1, 0.15) is 13.3 Å². The second-order valence-corrected chi connectivity index (χ2v) is 6.22. The molecule has 2 atom stereocenters. The molecule has 1 N–H and O–H groups in total. The van der Waals surface area contributed by atoms with Crippen LogP contribution in [0.4, 0.5) is 5.69 Å². The fraction of sp³-hybridized carbons (Fsp3) is 0.529. The van der Waals surface area contributed by atoms with E-state index in [9.17, 15) is 9.59 Å². The van der Waals surface area contributed by atoms with Crippen LogP contribution in [0.2, 0.25) is 0 Å². The predicted octanol–water partition coefficient (Wildman–Crippen LogP) is 1.29. The van der Waals surface area contributed by atoms with Crippen molar-refractivity contribution in [3.63, 3.8) is 0 Å². The Morgan fingerprint density at radius 1 is 1.29 bits per heavy atom. The molecular weight excluding hydrogens is 330 g/mol. The number of methoxy groups -OCH3 is 1. The molecule has 3 rings (SSSR count). The fourth-order valence-corrected chi connectivity index (χ4v) is 3.35. The van der Waals surface area contributed by atoms with Crippen LogP contribution < -0.4 is 15.0 Å². The van der Waals surface area contributed by atoms with Gasteiger partial charge in [-0.3, -0.25) is 9.59 Å². The van der Waals surface area contributed by atoms with Crippen molar-refractivity contribution >= 4 is 29.9 Å². The van der Waals surface area contributed by atoms with Crippen molar-refractivity contribution in [3.8, 4) is 5.75 Å². The van der Waals surface area contributed by atoms with E-state index in [-0.39, 0.29) is 36.6 Å². The minimum Gasteiger partial charge on any atom is -0.495 e. The second-order valence-electron chi connectivity index (χ2n) is 6.22. The zero-order valence-electron chi connectivity index (χ0n) is 14.0. The van der Waals surface area contributed by atoms with Gasteiger partial charge in [0.1, 0.15) is 5.75 Å². The summed E-state index contributed by atoms with van der Waals surface area (Å²) in [7, 11) is 1.59. The number of carbonyl (C=O) groups excluding carboxylic acids is 2. The van der Waals surface area contributed by atoms with Crippen LogP contribution in [0.3, 0.4) is 0 Å². The van der Waals surface area contributed by atoms with E-state index in [0.717, 1.165) is 12.2 Å². The highest BCUT2D eigenvalue weighted by Gasteiger charge is 2.38. The number of nitrogens with zero attached hydrogens (tertiary/aromatic N) is 2. The van der Waals surface area contributed by atoms with Crippen molar-refractivity contribution in [2.45, 2.75) is 19.4 Å². The molecule has 2 unspecified atom stereocenters. The molecule has 0 bridgehead atoms. The molecule has 132 valence electrons. The summed E-state index contributed by atoms with van der Waals surface area (Å²) in [5.74, 6) is 0.461. The number of rotatable bonds is 3. The molecule has 2 aliphatic rings. The second kappa shape index (κ2) is 7.85. The largest absolute Gasteiger partial charge is 0.495 e. The maximum atomic E-state index is 12.7. The number of anilines is 1. The maximum Gasteiger partial charge on any atom is 0.228 e. The average Bonchev–Trinajstić information content (AvgIpc) is 2.95. The summed E-state index contributed by atoms with van der Waals surface area (Å²) in [5.41, 5.74) is 0.740. The summed E-state index contributed by atoms with van der Waals surface area (Å²) in [5, 5.41) is 3.33. The Morgan fingerprint density at radius 2 is 2.04 bits per heavy atom. The quantitative estimate of drug-likeness (QED) is 0.889. The Balaban J connectivity index is 0.00000208. The van der Waals surface area contributed by atoms with Crippen LogP contribution in [-0.4, -0.2) is 56.0 Å². The highest BCUT2D eigenvalue weighted by atomic mass is 35.5. The van der Waals surface area contributed by atoms with E-state index >= 15 is 0 Å². The number of ether oxygens (including phenoxy) is 1. The summed E-state index contributed by atoms with van der Waals surface area (Å²) in [4.78, 5) is 28.7. The molecule has 1 aromatic rings. The Bertz CT molecular complexity index is 610. The Morgan fingerprint density at radius 3 is 2.75 bits per heavy atom. The number of nitrogens with one attached hydrogen (secondary N) is 1. The smallest absolute Gasteiger partial charge is 0.228 e. The molecule has 0 spiro atoms. The first-order valence-corrected chi connectivity index (χ1v) is 8.05. The van der Waals surface area contributed by atoms with Gasteiger partial charge in [0.05, 0.1) is 18.7 Å². The number of benzene rings is 1. The van der Waals surface area contributed by atoms with Crippen molar-refractivity contribution in [1.29, 1.82) is 0 Å². The van der Waals surface area contributed by atoms with Gasteiger partial charge in [-0.1, -0.05) is 12.1 Å². The molecule has 0 aliphatic carbocycles. The van der Waals surface area contributed by atoms with Gasteiger partial charge in [-0.05, 0) is 19.1 Å². The maximum absolute atomic E-state index is 12.7. The van der Waals surface area contributed by atoms with Crippen LogP contribution in [-0.2, 0) is 9.59 Å². The van der Waals surface area contributed by atoms with E-state index < -0.39 is 0 Å². The first-order valence-electron chi connectivity index (χ1n) is 8.05. The lowest BCUT2D eigenvalue weighted by Gasteiger charge is -2.33.